The summed E-state index contributed by atoms with van der Waals surface area (Å²) >= 11 is 0. The van der Waals surface area contributed by atoms with Gasteiger partial charge in [-0.15, -0.1) is 0 Å². The Hall–Kier alpha value is -6.01. The number of aromatic nitrogens is 4. The summed E-state index contributed by atoms with van der Waals surface area (Å²) in [6.07, 6.45) is 6.71. The van der Waals surface area contributed by atoms with Crippen molar-refractivity contribution in [3.63, 3.8) is 0 Å². The second-order valence-corrected chi connectivity index (χ2v) is 14.7. The van der Waals surface area contributed by atoms with Crippen LogP contribution in [0.1, 0.15) is 75.2 Å². The number of carbonyl (C=O) groups excluding carboxylic acids is 3. The van der Waals surface area contributed by atoms with Crippen LogP contribution in [-0.2, 0) is 20.7 Å². The van der Waals surface area contributed by atoms with E-state index in [0.717, 1.165) is 93.5 Å². The van der Waals surface area contributed by atoms with E-state index >= 15 is 0 Å². The van der Waals surface area contributed by atoms with E-state index in [4.69, 9.17) is 4.98 Å². The van der Waals surface area contributed by atoms with Crippen LogP contribution in [0.15, 0.2) is 91.1 Å². The minimum Gasteiger partial charge on any atom is -0.453 e. The number of nitrogens with zero attached hydrogens (tertiary/aromatic N) is 4. The molecule has 4 N–H and O–H groups in total. The highest BCUT2D eigenvalue weighted by Crippen LogP contribution is 2.36. The van der Waals surface area contributed by atoms with Gasteiger partial charge in [-0.2, -0.15) is 0 Å². The number of likely N-dealkylation sites (N-methyl/N-ethyl adjacent to an activating group) is 1. The molecule has 1 aliphatic heterocycles. The van der Waals surface area contributed by atoms with E-state index in [1.54, 1.807) is 0 Å². The number of likely N-dealkylation sites (tertiary alicyclic amines) is 1. The van der Waals surface area contributed by atoms with Gasteiger partial charge in [0.1, 0.15) is 17.7 Å². The summed E-state index contributed by atoms with van der Waals surface area (Å²) in [6, 6.07) is 28.8. The van der Waals surface area contributed by atoms with Gasteiger partial charge in [0.05, 0.1) is 42.6 Å². The zero-order valence-electron chi connectivity index (χ0n) is 33.6. The molecule has 12 nitrogen and oxygen atoms in total. The SMILES string of the molecule is CCC.COC(=O)NCC(=O)NCCCCc1ncc(-c2ccc3cc(-c4ccc5nc(C6CCCN6C(=O)[C@@H](c6ccccc6)N(C)C)[nH]c5c4)ccc3c2)[nH]1. The van der Waals surface area contributed by atoms with E-state index < -0.39 is 6.09 Å². The van der Waals surface area contributed by atoms with Gasteiger partial charge in [0.2, 0.25) is 11.8 Å². The number of H-pyrrole nitrogens is 2. The number of aromatic amines is 2. The molecule has 0 aliphatic carbocycles. The van der Waals surface area contributed by atoms with Crippen LogP contribution in [0.2, 0.25) is 0 Å². The second kappa shape index (κ2) is 19.2. The number of fused-ring (bicyclic) bond motifs is 2. The summed E-state index contributed by atoms with van der Waals surface area (Å²) in [7, 11) is 5.17. The first kappa shape index (κ1) is 40.6. The summed E-state index contributed by atoms with van der Waals surface area (Å²) in [5.74, 6) is 1.58. The molecule has 3 amide bonds. The van der Waals surface area contributed by atoms with Gasteiger partial charge in [-0.1, -0.05) is 80.9 Å². The van der Waals surface area contributed by atoms with Gasteiger partial charge in [-0.3, -0.25) is 14.5 Å². The van der Waals surface area contributed by atoms with Crippen molar-refractivity contribution in [1.29, 1.82) is 0 Å². The van der Waals surface area contributed by atoms with Gasteiger partial charge in [0.25, 0.3) is 0 Å². The highest BCUT2D eigenvalue weighted by Gasteiger charge is 2.37. The first-order valence-corrected chi connectivity index (χ1v) is 19.9. The number of carbonyl (C=O) groups is 3. The number of amides is 3. The third kappa shape index (κ3) is 10.1. The largest absolute Gasteiger partial charge is 0.453 e. The number of aryl methyl sites for hydroxylation is 1. The molecule has 12 heteroatoms. The van der Waals surface area contributed by atoms with Crippen LogP contribution in [0.5, 0.6) is 0 Å². The average molecular weight is 771 g/mol. The fourth-order valence-corrected chi connectivity index (χ4v) is 7.30. The van der Waals surface area contributed by atoms with E-state index in [9.17, 15) is 14.4 Å². The number of hydrogen-bond donors (Lipinski definition) is 4. The van der Waals surface area contributed by atoms with Crippen LogP contribution in [0, 0.1) is 0 Å². The predicted molar refractivity (Wildman–Crippen MR) is 225 cm³/mol. The standard InChI is InChI=1S/C42H46N8O4.C3H8/c1-49(2)39(27-10-5-4-6-11-27)41(52)50-21-9-12-36(50)40-47-33-19-18-31(24-34(33)48-40)29-14-15-30-23-32(17-16-28(30)22-29)35-25-44-37(46-35)13-7-8-20-43-38(51)26-45-42(53)54-3;1-3-2/h4-6,10-11,14-19,22-25,36,39H,7-9,12-13,20-21,26H2,1-3H3,(H,43,51)(H,44,46)(H,45,53)(H,47,48);3H2,1-2H3/t36?,39-;/m1./s1. The van der Waals surface area contributed by atoms with Gasteiger partial charge in [0.15, 0.2) is 0 Å². The third-order valence-electron chi connectivity index (χ3n) is 10.1. The number of benzene rings is 4. The first-order valence-electron chi connectivity index (χ1n) is 19.9. The van der Waals surface area contributed by atoms with Crippen LogP contribution < -0.4 is 10.6 Å². The number of rotatable bonds is 13. The zero-order chi connectivity index (χ0) is 40.3. The minimum atomic E-state index is -0.630. The first-order chi connectivity index (χ1) is 27.7. The molecule has 298 valence electrons. The predicted octanol–water partition coefficient (Wildman–Crippen LogP) is 7.95. The van der Waals surface area contributed by atoms with Gasteiger partial charge < -0.3 is 30.2 Å². The molecule has 0 bridgehead atoms. The Balaban J connectivity index is 0.00000177. The maximum Gasteiger partial charge on any atom is 0.407 e. The molecule has 1 saturated heterocycles. The van der Waals surface area contributed by atoms with Gasteiger partial charge in [0, 0.05) is 25.1 Å². The second-order valence-electron chi connectivity index (χ2n) is 14.7. The molecular weight excluding hydrogens is 717 g/mol. The fourth-order valence-electron chi connectivity index (χ4n) is 7.30. The molecule has 1 unspecified atom stereocenters. The lowest BCUT2D eigenvalue weighted by Gasteiger charge is -2.31. The molecule has 1 aliphatic rings. The van der Waals surface area contributed by atoms with E-state index in [-0.39, 0.29) is 30.4 Å². The number of unbranched alkanes of at least 4 members (excludes halogenated alkanes) is 1. The van der Waals surface area contributed by atoms with Crippen molar-refractivity contribution in [2.45, 2.75) is 64.5 Å². The molecule has 2 atom stereocenters. The normalized spacial score (nSPS) is 14.4. The van der Waals surface area contributed by atoms with Crippen LogP contribution in [-0.4, -0.2) is 88.5 Å². The van der Waals surface area contributed by atoms with Crippen molar-refractivity contribution in [3.05, 3.63) is 108 Å². The molecule has 2 aromatic heterocycles. The van der Waals surface area contributed by atoms with Crippen LogP contribution in [0.3, 0.4) is 0 Å². The maximum absolute atomic E-state index is 14.0. The van der Waals surface area contributed by atoms with Crippen molar-refractivity contribution in [1.82, 2.24) is 40.4 Å². The topological polar surface area (TPSA) is 148 Å². The van der Waals surface area contributed by atoms with Crippen molar-refractivity contribution >= 4 is 39.7 Å². The van der Waals surface area contributed by atoms with Crippen molar-refractivity contribution in [2.24, 2.45) is 0 Å². The monoisotopic (exact) mass is 770 g/mol. The van der Waals surface area contributed by atoms with E-state index in [1.807, 2.05) is 60.4 Å². The number of hydrogen-bond acceptors (Lipinski definition) is 7. The molecule has 1 fully saturated rings. The minimum absolute atomic E-state index is 0.0936. The Bertz CT molecular complexity index is 2280. The molecule has 0 saturated carbocycles. The maximum atomic E-state index is 14.0. The highest BCUT2D eigenvalue weighted by atomic mass is 16.5. The zero-order valence-corrected chi connectivity index (χ0v) is 33.6. The van der Waals surface area contributed by atoms with Crippen molar-refractivity contribution < 1.29 is 19.1 Å². The Morgan fingerprint density at radius 2 is 1.60 bits per heavy atom. The van der Waals surface area contributed by atoms with E-state index in [2.05, 4.69) is 98.8 Å². The molecule has 57 heavy (non-hydrogen) atoms. The van der Waals surface area contributed by atoms with Crippen molar-refractivity contribution in [2.75, 3.05) is 40.8 Å². The Kier molecular flexibility index (Phi) is 13.7. The summed E-state index contributed by atoms with van der Waals surface area (Å²) in [5, 5.41) is 7.42. The number of ether oxygens (including phenoxy) is 1. The Morgan fingerprint density at radius 3 is 2.33 bits per heavy atom. The molecular formula is C45H54N8O4. The molecule has 3 heterocycles. The summed E-state index contributed by atoms with van der Waals surface area (Å²) in [5.41, 5.74) is 7.06. The van der Waals surface area contributed by atoms with E-state index in [1.165, 1.54) is 13.5 Å². The van der Waals surface area contributed by atoms with Gasteiger partial charge >= 0.3 is 6.09 Å². The van der Waals surface area contributed by atoms with E-state index in [0.29, 0.717) is 13.1 Å². The fraction of sp³-hybridized carbons (Fsp3) is 0.356. The third-order valence-corrected chi connectivity index (χ3v) is 10.1. The lowest BCUT2D eigenvalue weighted by molar-refractivity contribution is -0.137. The Labute approximate surface area is 334 Å². The van der Waals surface area contributed by atoms with Crippen LogP contribution in [0.25, 0.3) is 44.2 Å². The number of nitrogens with one attached hydrogen (secondary N) is 4. The highest BCUT2D eigenvalue weighted by molar-refractivity contribution is 5.92. The molecule has 7 rings (SSSR count). The summed E-state index contributed by atoms with van der Waals surface area (Å²) in [4.78, 5) is 57.4. The molecule has 0 spiro atoms. The Morgan fingerprint density at radius 1 is 0.895 bits per heavy atom. The van der Waals surface area contributed by atoms with Crippen LogP contribution >= 0.6 is 0 Å². The van der Waals surface area contributed by atoms with Gasteiger partial charge in [-0.05, 0) is 91.5 Å². The molecule has 0 radical (unpaired) electrons. The number of methoxy groups -OCH3 is 1. The smallest absolute Gasteiger partial charge is 0.407 e. The lowest BCUT2D eigenvalue weighted by Crippen LogP contribution is -2.40. The number of alkyl carbamates (subject to hydrolysis) is 1. The lowest BCUT2D eigenvalue weighted by atomic mass is 9.99. The number of imidazole rings is 2. The van der Waals surface area contributed by atoms with Gasteiger partial charge in [-0.25, -0.2) is 14.8 Å². The quantitative estimate of drug-likeness (QED) is 0.0872. The van der Waals surface area contributed by atoms with Crippen LogP contribution in [0.4, 0.5) is 4.79 Å². The summed E-state index contributed by atoms with van der Waals surface area (Å²) in [6.45, 7) is 5.38. The average Bonchev–Trinajstić information content (AvgIpc) is 4.00. The summed E-state index contributed by atoms with van der Waals surface area (Å²) < 4.78 is 4.47. The molecule has 6 aromatic rings. The molecule has 4 aromatic carbocycles. The van der Waals surface area contributed by atoms with Crippen molar-refractivity contribution in [3.8, 4) is 22.4 Å².